The molecule has 4 heteroatoms. The van der Waals surface area contributed by atoms with Gasteiger partial charge >= 0.3 is 0 Å². The number of likely N-dealkylation sites (N-methyl/N-ethyl adjacent to an activating group) is 1. The Morgan fingerprint density at radius 2 is 1.82 bits per heavy atom. The number of hydrogen-bond acceptors (Lipinski definition) is 3. The Morgan fingerprint density at radius 3 is 2.41 bits per heavy atom. The smallest absolute Gasteiger partial charge is 0.123 e. The molecule has 1 heterocycles. The van der Waals surface area contributed by atoms with E-state index >= 15 is 0 Å². The van der Waals surface area contributed by atoms with Crippen molar-refractivity contribution in [1.82, 2.24) is 15.3 Å². The minimum atomic E-state index is -0.210. The van der Waals surface area contributed by atoms with Crippen LogP contribution >= 0.6 is 0 Å². The van der Waals surface area contributed by atoms with Crippen molar-refractivity contribution in [2.45, 2.75) is 12.5 Å². The van der Waals surface area contributed by atoms with Gasteiger partial charge in [-0.15, -0.1) is 0 Å². The van der Waals surface area contributed by atoms with Crippen LogP contribution in [0.15, 0.2) is 43.0 Å². The summed E-state index contributed by atoms with van der Waals surface area (Å²) >= 11 is 0. The molecule has 0 saturated heterocycles. The van der Waals surface area contributed by atoms with Crippen molar-refractivity contribution in [3.63, 3.8) is 0 Å². The van der Waals surface area contributed by atoms with Crippen molar-refractivity contribution in [2.75, 3.05) is 7.05 Å². The molecule has 2 aromatic rings. The quantitative estimate of drug-likeness (QED) is 0.875. The lowest BCUT2D eigenvalue weighted by Crippen LogP contribution is -2.19. The van der Waals surface area contributed by atoms with Crippen LogP contribution in [0.5, 0.6) is 0 Å². The van der Waals surface area contributed by atoms with E-state index in [9.17, 15) is 4.39 Å². The number of hydrogen-bond donors (Lipinski definition) is 1. The van der Waals surface area contributed by atoms with Gasteiger partial charge < -0.3 is 5.32 Å². The summed E-state index contributed by atoms with van der Waals surface area (Å²) in [6.45, 7) is 0. The van der Waals surface area contributed by atoms with Crippen LogP contribution in [0, 0.1) is 5.82 Å². The first-order valence-corrected chi connectivity index (χ1v) is 5.46. The summed E-state index contributed by atoms with van der Waals surface area (Å²) in [7, 11) is 1.89. The SMILES string of the molecule is CNC(Cc1ccc(F)cc1)c1cncnc1. The lowest BCUT2D eigenvalue weighted by atomic mass is 10.0. The van der Waals surface area contributed by atoms with Gasteiger partial charge in [0.1, 0.15) is 12.1 Å². The lowest BCUT2D eigenvalue weighted by molar-refractivity contribution is 0.584. The molecule has 3 nitrogen and oxygen atoms in total. The van der Waals surface area contributed by atoms with Crippen LogP contribution in [-0.2, 0) is 6.42 Å². The molecule has 1 unspecified atom stereocenters. The van der Waals surface area contributed by atoms with Crippen molar-refractivity contribution in [2.24, 2.45) is 0 Å². The second-order valence-electron chi connectivity index (χ2n) is 3.84. The molecule has 1 aromatic heterocycles. The van der Waals surface area contributed by atoms with Gasteiger partial charge in [0.2, 0.25) is 0 Å². The van der Waals surface area contributed by atoms with E-state index in [-0.39, 0.29) is 11.9 Å². The average molecular weight is 231 g/mol. The topological polar surface area (TPSA) is 37.8 Å². The molecule has 17 heavy (non-hydrogen) atoms. The number of halogens is 1. The predicted octanol–water partition coefficient (Wildman–Crippen LogP) is 2.12. The fourth-order valence-corrected chi connectivity index (χ4v) is 1.73. The second-order valence-corrected chi connectivity index (χ2v) is 3.84. The summed E-state index contributed by atoms with van der Waals surface area (Å²) in [5.74, 6) is -0.210. The minimum absolute atomic E-state index is 0.140. The van der Waals surface area contributed by atoms with Crippen LogP contribution in [0.2, 0.25) is 0 Å². The molecule has 1 N–H and O–H groups in total. The van der Waals surface area contributed by atoms with E-state index in [1.54, 1.807) is 24.5 Å². The Bertz CT molecular complexity index is 456. The Morgan fingerprint density at radius 1 is 1.18 bits per heavy atom. The predicted molar refractivity (Wildman–Crippen MR) is 63.9 cm³/mol. The van der Waals surface area contributed by atoms with Crippen molar-refractivity contribution in [3.8, 4) is 0 Å². The molecule has 0 aliphatic heterocycles. The molecule has 88 valence electrons. The maximum absolute atomic E-state index is 12.8. The number of aromatic nitrogens is 2. The summed E-state index contributed by atoms with van der Waals surface area (Å²) in [4.78, 5) is 8.00. The standard InChI is InChI=1S/C13H14FN3/c1-15-13(11-7-16-9-17-8-11)6-10-2-4-12(14)5-3-10/h2-5,7-9,13,15H,6H2,1H3. The van der Waals surface area contributed by atoms with Crippen LogP contribution in [0.3, 0.4) is 0 Å². The van der Waals surface area contributed by atoms with Gasteiger partial charge in [0.05, 0.1) is 0 Å². The summed E-state index contributed by atoms with van der Waals surface area (Å²) < 4.78 is 12.8. The lowest BCUT2D eigenvalue weighted by Gasteiger charge is -2.15. The second kappa shape index (κ2) is 5.50. The van der Waals surface area contributed by atoms with Gasteiger partial charge in [0, 0.05) is 24.0 Å². The van der Waals surface area contributed by atoms with E-state index in [0.717, 1.165) is 17.5 Å². The molecule has 2 rings (SSSR count). The highest BCUT2D eigenvalue weighted by molar-refractivity contribution is 5.20. The van der Waals surface area contributed by atoms with Crippen molar-refractivity contribution in [1.29, 1.82) is 0 Å². The number of nitrogens with one attached hydrogen (secondary N) is 1. The summed E-state index contributed by atoms with van der Waals surface area (Å²) in [5, 5.41) is 3.21. The first kappa shape index (κ1) is 11.7. The number of nitrogens with zero attached hydrogens (tertiary/aromatic N) is 2. The van der Waals surface area contributed by atoms with E-state index < -0.39 is 0 Å². The van der Waals surface area contributed by atoms with Gasteiger partial charge in [-0.1, -0.05) is 12.1 Å². The largest absolute Gasteiger partial charge is 0.313 e. The molecular weight excluding hydrogens is 217 g/mol. The number of rotatable bonds is 4. The first-order valence-electron chi connectivity index (χ1n) is 5.46. The van der Waals surface area contributed by atoms with Gasteiger partial charge in [0.15, 0.2) is 0 Å². The third-order valence-corrected chi connectivity index (χ3v) is 2.68. The molecule has 0 aliphatic rings. The molecule has 0 amide bonds. The molecule has 0 aliphatic carbocycles. The highest BCUT2D eigenvalue weighted by atomic mass is 19.1. The van der Waals surface area contributed by atoms with Gasteiger partial charge in [-0.05, 0) is 31.2 Å². The van der Waals surface area contributed by atoms with E-state index in [4.69, 9.17) is 0 Å². The van der Waals surface area contributed by atoms with Crippen LogP contribution in [0.1, 0.15) is 17.2 Å². The molecule has 0 fully saturated rings. The molecule has 1 aromatic carbocycles. The zero-order chi connectivity index (χ0) is 12.1. The van der Waals surface area contributed by atoms with Crippen LogP contribution in [0.25, 0.3) is 0 Å². The first-order chi connectivity index (χ1) is 8.29. The highest BCUT2D eigenvalue weighted by Gasteiger charge is 2.10. The highest BCUT2D eigenvalue weighted by Crippen LogP contribution is 2.16. The fraction of sp³-hybridized carbons (Fsp3) is 0.231. The Hall–Kier alpha value is -1.81. The average Bonchev–Trinajstić information content (AvgIpc) is 2.39. The molecule has 0 radical (unpaired) electrons. The van der Waals surface area contributed by atoms with Gasteiger partial charge in [0.25, 0.3) is 0 Å². The molecule has 0 spiro atoms. The van der Waals surface area contributed by atoms with Crippen molar-refractivity contribution in [3.05, 3.63) is 59.9 Å². The minimum Gasteiger partial charge on any atom is -0.313 e. The Balaban J connectivity index is 2.13. The summed E-state index contributed by atoms with van der Waals surface area (Å²) in [5.41, 5.74) is 2.11. The van der Waals surface area contributed by atoms with Crippen molar-refractivity contribution >= 4 is 0 Å². The van der Waals surface area contributed by atoms with E-state index in [1.165, 1.54) is 18.5 Å². The maximum atomic E-state index is 12.8. The summed E-state index contributed by atoms with van der Waals surface area (Å²) in [6, 6.07) is 6.68. The molecule has 0 saturated carbocycles. The van der Waals surface area contributed by atoms with Crippen LogP contribution in [0.4, 0.5) is 4.39 Å². The Labute approximate surface area is 99.7 Å². The van der Waals surface area contributed by atoms with E-state index in [2.05, 4.69) is 15.3 Å². The monoisotopic (exact) mass is 231 g/mol. The van der Waals surface area contributed by atoms with Gasteiger partial charge in [-0.2, -0.15) is 0 Å². The third-order valence-electron chi connectivity index (χ3n) is 2.68. The van der Waals surface area contributed by atoms with Crippen LogP contribution < -0.4 is 5.32 Å². The Kier molecular flexibility index (Phi) is 3.77. The van der Waals surface area contributed by atoms with Gasteiger partial charge in [-0.3, -0.25) is 0 Å². The maximum Gasteiger partial charge on any atom is 0.123 e. The van der Waals surface area contributed by atoms with E-state index in [0.29, 0.717) is 0 Å². The fourth-order valence-electron chi connectivity index (χ4n) is 1.73. The normalized spacial score (nSPS) is 12.4. The van der Waals surface area contributed by atoms with Crippen molar-refractivity contribution < 1.29 is 4.39 Å². The van der Waals surface area contributed by atoms with E-state index in [1.807, 2.05) is 7.05 Å². The summed E-state index contributed by atoms with van der Waals surface area (Å²) in [6.07, 6.45) is 5.87. The molecule has 0 bridgehead atoms. The van der Waals surface area contributed by atoms with Crippen LogP contribution in [-0.4, -0.2) is 17.0 Å². The third kappa shape index (κ3) is 3.07. The zero-order valence-corrected chi connectivity index (χ0v) is 9.60. The zero-order valence-electron chi connectivity index (χ0n) is 9.60. The number of benzene rings is 1. The molecular formula is C13H14FN3. The van der Waals surface area contributed by atoms with Gasteiger partial charge in [-0.25, -0.2) is 14.4 Å². The molecule has 1 atom stereocenters.